The number of halogens is 1. The number of nitro benzene ring substituents is 1. The van der Waals surface area contributed by atoms with E-state index < -0.39 is 14.9 Å². The van der Waals surface area contributed by atoms with Gasteiger partial charge >= 0.3 is 5.69 Å². The molecule has 1 aliphatic rings. The maximum atomic E-state index is 12.8. The molecule has 24 heavy (non-hydrogen) atoms. The topological polar surface area (TPSA) is 116 Å². The largest absolute Gasteiger partial charge is 0.490 e. The highest BCUT2D eigenvalue weighted by molar-refractivity contribution is 7.89. The first kappa shape index (κ1) is 20.6. The van der Waals surface area contributed by atoms with Gasteiger partial charge in [0.15, 0.2) is 5.75 Å². The van der Waals surface area contributed by atoms with Crippen LogP contribution < -0.4 is 10.5 Å². The molecular formula is C14H22ClN3O5S. The lowest BCUT2D eigenvalue weighted by Gasteiger charge is -2.41. The molecule has 0 aliphatic carbocycles. The fourth-order valence-electron chi connectivity index (χ4n) is 2.65. The third kappa shape index (κ3) is 3.80. The summed E-state index contributed by atoms with van der Waals surface area (Å²) < 4.78 is 31.8. The Morgan fingerprint density at radius 1 is 1.42 bits per heavy atom. The zero-order valence-corrected chi connectivity index (χ0v) is 15.4. The quantitative estimate of drug-likeness (QED) is 0.629. The monoisotopic (exact) mass is 379 g/mol. The van der Waals surface area contributed by atoms with Crippen molar-refractivity contribution in [2.75, 3.05) is 20.2 Å². The van der Waals surface area contributed by atoms with E-state index in [-0.39, 0.29) is 46.7 Å². The summed E-state index contributed by atoms with van der Waals surface area (Å²) in [4.78, 5) is 10.3. The summed E-state index contributed by atoms with van der Waals surface area (Å²) >= 11 is 0. The molecule has 0 aromatic heterocycles. The van der Waals surface area contributed by atoms with E-state index in [0.717, 1.165) is 6.07 Å². The van der Waals surface area contributed by atoms with Gasteiger partial charge in [0.05, 0.1) is 16.9 Å². The van der Waals surface area contributed by atoms with Crippen LogP contribution in [0.15, 0.2) is 23.1 Å². The number of ether oxygens (including phenoxy) is 1. The van der Waals surface area contributed by atoms with E-state index in [0.29, 0.717) is 13.0 Å². The van der Waals surface area contributed by atoms with Gasteiger partial charge in [0.1, 0.15) is 0 Å². The molecule has 2 rings (SSSR count). The van der Waals surface area contributed by atoms with Crippen molar-refractivity contribution in [3.05, 3.63) is 28.3 Å². The zero-order valence-electron chi connectivity index (χ0n) is 13.8. The van der Waals surface area contributed by atoms with Crippen molar-refractivity contribution in [2.24, 2.45) is 11.1 Å². The number of nitrogens with zero attached hydrogens (tertiary/aromatic N) is 2. The summed E-state index contributed by atoms with van der Waals surface area (Å²) in [6, 6.07) is 3.57. The number of hydrogen-bond donors (Lipinski definition) is 1. The molecule has 0 amide bonds. The molecular weight excluding hydrogens is 358 g/mol. The lowest BCUT2D eigenvalue weighted by molar-refractivity contribution is -0.386. The lowest BCUT2D eigenvalue weighted by Crippen LogP contribution is -2.53. The van der Waals surface area contributed by atoms with Gasteiger partial charge in [-0.3, -0.25) is 10.1 Å². The number of methoxy groups -OCH3 is 1. The number of benzene rings is 1. The minimum absolute atomic E-state index is 0. The second kappa shape index (κ2) is 7.22. The summed E-state index contributed by atoms with van der Waals surface area (Å²) in [5.74, 6) is 0.0231. The summed E-state index contributed by atoms with van der Waals surface area (Å²) in [5.41, 5.74) is 5.30. The van der Waals surface area contributed by atoms with Gasteiger partial charge in [-0.1, -0.05) is 13.8 Å². The number of sulfonamides is 1. The Kier molecular flexibility index (Phi) is 6.20. The Morgan fingerprint density at radius 2 is 2.04 bits per heavy atom. The number of piperidine rings is 1. The number of nitro groups is 1. The highest BCUT2D eigenvalue weighted by atomic mass is 35.5. The van der Waals surface area contributed by atoms with Crippen molar-refractivity contribution in [1.82, 2.24) is 4.31 Å². The van der Waals surface area contributed by atoms with Crippen LogP contribution in [0.25, 0.3) is 0 Å². The van der Waals surface area contributed by atoms with Gasteiger partial charge in [-0.2, -0.15) is 4.31 Å². The Hall–Kier alpha value is -1.42. The van der Waals surface area contributed by atoms with Crippen LogP contribution in [0.1, 0.15) is 20.3 Å². The predicted octanol–water partition coefficient (Wildman–Crippen LogP) is 1.77. The molecule has 0 saturated carbocycles. The van der Waals surface area contributed by atoms with Crippen LogP contribution in [0.5, 0.6) is 5.75 Å². The smallest absolute Gasteiger partial charge is 0.312 e. The van der Waals surface area contributed by atoms with Crippen molar-refractivity contribution in [3.8, 4) is 5.75 Å². The van der Waals surface area contributed by atoms with Crippen LogP contribution in [-0.4, -0.2) is 43.9 Å². The van der Waals surface area contributed by atoms with Gasteiger partial charge in [0, 0.05) is 25.2 Å². The number of rotatable bonds is 4. The average Bonchev–Trinajstić information content (AvgIpc) is 2.48. The molecule has 0 spiro atoms. The van der Waals surface area contributed by atoms with Crippen LogP contribution >= 0.6 is 12.4 Å². The second-order valence-corrected chi connectivity index (χ2v) is 8.25. The molecule has 8 nitrogen and oxygen atoms in total. The Morgan fingerprint density at radius 3 is 2.54 bits per heavy atom. The molecule has 1 saturated heterocycles. The molecule has 1 aliphatic heterocycles. The highest BCUT2D eigenvalue weighted by Gasteiger charge is 2.39. The standard InChI is InChI=1S/C14H21N3O5S.ClH/c1-14(2)9-16(7-6-13(14)15)23(20,21)10-4-5-12(22-3)11(8-10)17(18)19;/h4-5,8,13H,6-7,9,15H2,1-3H3;1H. The highest BCUT2D eigenvalue weighted by Crippen LogP contribution is 2.34. The Balaban J connectivity index is 0.00000288. The van der Waals surface area contributed by atoms with Crippen molar-refractivity contribution >= 4 is 28.1 Å². The van der Waals surface area contributed by atoms with E-state index in [9.17, 15) is 18.5 Å². The van der Waals surface area contributed by atoms with Gasteiger partial charge in [0.25, 0.3) is 0 Å². The van der Waals surface area contributed by atoms with E-state index in [1.54, 1.807) is 0 Å². The predicted molar refractivity (Wildman–Crippen MR) is 92.0 cm³/mol. The van der Waals surface area contributed by atoms with E-state index in [1.807, 2.05) is 13.8 Å². The van der Waals surface area contributed by atoms with Gasteiger partial charge in [0.2, 0.25) is 10.0 Å². The second-order valence-electron chi connectivity index (χ2n) is 6.31. The fourth-order valence-corrected chi connectivity index (χ4v) is 4.30. The molecule has 0 bridgehead atoms. The van der Waals surface area contributed by atoms with E-state index >= 15 is 0 Å². The lowest BCUT2D eigenvalue weighted by atomic mass is 9.81. The van der Waals surface area contributed by atoms with Crippen LogP contribution in [0.3, 0.4) is 0 Å². The first-order chi connectivity index (χ1) is 10.6. The number of nitrogens with two attached hydrogens (primary N) is 1. The molecule has 10 heteroatoms. The summed E-state index contributed by atoms with van der Waals surface area (Å²) in [7, 11) is -2.52. The van der Waals surface area contributed by atoms with Crippen molar-refractivity contribution < 1.29 is 18.1 Å². The Bertz CT molecular complexity index is 723. The summed E-state index contributed by atoms with van der Waals surface area (Å²) in [5, 5.41) is 11.1. The molecule has 2 N–H and O–H groups in total. The molecule has 0 radical (unpaired) electrons. The van der Waals surface area contributed by atoms with Crippen LogP contribution in [0, 0.1) is 15.5 Å². The minimum Gasteiger partial charge on any atom is -0.490 e. The average molecular weight is 380 g/mol. The van der Waals surface area contributed by atoms with Gasteiger partial charge in [-0.25, -0.2) is 8.42 Å². The van der Waals surface area contributed by atoms with Crippen LogP contribution in [0.4, 0.5) is 5.69 Å². The van der Waals surface area contributed by atoms with Gasteiger partial charge in [-0.05, 0) is 24.0 Å². The fraction of sp³-hybridized carbons (Fsp3) is 0.571. The molecule has 1 aromatic carbocycles. The van der Waals surface area contributed by atoms with Crippen LogP contribution in [0.2, 0.25) is 0 Å². The van der Waals surface area contributed by atoms with Crippen molar-refractivity contribution in [3.63, 3.8) is 0 Å². The Labute approximate surface area is 147 Å². The van der Waals surface area contributed by atoms with E-state index in [1.165, 1.54) is 23.5 Å². The zero-order chi connectivity index (χ0) is 17.4. The molecule has 1 atom stereocenters. The first-order valence-electron chi connectivity index (χ1n) is 7.18. The molecule has 1 aromatic rings. The molecule has 1 unspecified atom stereocenters. The first-order valence-corrected chi connectivity index (χ1v) is 8.62. The third-order valence-corrected chi connectivity index (χ3v) is 6.10. The maximum absolute atomic E-state index is 12.8. The normalized spacial score (nSPS) is 20.9. The molecule has 1 heterocycles. The van der Waals surface area contributed by atoms with Crippen LogP contribution in [-0.2, 0) is 10.0 Å². The summed E-state index contributed by atoms with van der Waals surface area (Å²) in [6.07, 6.45) is 0.546. The number of hydrogen-bond acceptors (Lipinski definition) is 6. The molecule has 1 fully saturated rings. The van der Waals surface area contributed by atoms with Gasteiger partial charge in [-0.15, -0.1) is 12.4 Å². The van der Waals surface area contributed by atoms with E-state index in [4.69, 9.17) is 10.5 Å². The van der Waals surface area contributed by atoms with Crippen molar-refractivity contribution in [1.29, 1.82) is 0 Å². The molecule has 136 valence electrons. The van der Waals surface area contributed by atoms with Gasteiger partial charge < -0.3 is 10.5 Å². The van der Waals surface area contributed by atoms with Crippen molar-refractivity contribution in [2.45, 2.75) is 31.2 Å². The minimum atomic E-state index is -3.82. The third-order valence-electron chi connectivity index (χ3n) is 4.26. The SMILES string of the molecule is COc1ccc(S(=O)(=O)N2CCC(N)C(C)(C)C2)cc1[N+](=O)[O-].Cl. The summed E-state index contributed by atoms with van der Waals surface area (Å²) in [6.45, 7) is 4.40. The van der Waals surface area contributed by atoms with E-state index in [2.05, 4.69) is 0 Å². The maximum Gasteiger partial charge on any atom is 0.312 e.